The molecule has 1 rings (SSSR count). The number of carbonyl (C=O) groups is 1. The molecule has 1 atom stereocenters. The van der Waals surface area contributed by atoms with E-state index in [0.717, 1.165) is 5.56 Å². The second-order valence-corrected chi connectivity index (χ2v) is 4.83. The molecule has 0 heterocycles. The quantitative estimate of drug-likeness (QED) is 0.793. The van der Waals surface area contributed by atoms with Crippen molar-refractivity contribution in [1.82, 2.24) is 0 Å². The van der Waals surface area contributed by atoms with Crippen LogP contribution in [0.3, 0.4) is 0 Å². The Morgan fingerprint density at radius 3 is 2.38 bits per heavy atom. The molecule has 0 aliphatic carbocycles. The Hall–Kier alpha value is -1.35. The Kier molecular flexibility index (Phi) is 4.07. The van der Waals surface area contributed by atoms with E-state index in [0.29, 0.717) is 6.42 Å². The first-order chi connectivity index (χ1) is 7.38. The SMILES string of the molecule is CC(C)(C)OC(=O)[C@H](N)Cc1ccccc1. The van der Waals surface area contributed by atoms with E-state index >= 15 is 0 Å². The summed E-state index contributed by atoms with van der Waals surface area (Å²) in [5.74, 6) is -0.351. The van der Waals surface area contributed by atoms with Gasteiger partial charge in [-0.15, -0.1) is 0 Å². The fourth-order valence-corrected chi connectivity index (χ4v) is 1.33. The summed E-state index contributed by atoms with van der Waals surface area (Å²) in [7, 11) is 0. The molecule has 3 nitrogen and oxygen atoms in total. The van der Waals surface area contributed by atoms with Gasteiger partial charge < -0.3 is 10.5 Å². The fraction of sp³-hybridized carbons (Fsp3) is 0.462. The molecule has 1 aromatic carbocycles. The summed E-state index contributed by atoms with van der Waals surface area (Å²) in [6.45, 7) is 5.50. The summed E-state index contributed by atoms with van der Waals surface area (Å²) >= 11 is 0. The molecule has 0 fully saturated rings. The van der Waals surface area contributed by atoms with Gasteiger partial charge in [-0.25, -0.2) is 0 Å². The van der Waals surface area contributed by atoms with E-state index in [1.54, 1.807) is 0 Å². The zero-order chi connectivity index (χ0) is 12.2. The van der Waals surface area contributed by atoms with Gasteiger partial charge in [-0.3, -0.25) is 4.79 Å². The van der Waals surface area contributed by atoms with Crippen LogP contribution in [-0.2, 0) is 16.0 Å². The smallest absolute Gasteiger partial charge is 0.323 e. The van der Waals surface area contributed by atoms with Crippen molar-refractivity contribution >= 4 is 5.97 Å². The molecule has 0 saturated carbocycles. The Bertz CT molecular complexity index is 341. The van der Waals surface area contributed by atoms with Crippen molar-refractivity contribution < 1.29 is 9.53 Å². The summed E-state index contributed by atoms with van der Waals surface area (Å²) in [5, 5.41) is 0. The Morgan fingerprint density at radius 1 is 1.31 bits per heavy atom. The molecular weight excluding hydrogens is 202 g/mol. The normalized spacial score (nSPS) is 13.2. The highest BCUT2D eigenvalue weighted by Gasteiger charge is 2.22. The van der Waals surface area contributed by atoms with Gasteiger partial charge in [0, 0.05) is 0 Å². The maximum atomic E-state index is 11.6. The highest BCUT2D eigenvalue weighted by Crippen LogP contribution is 2.10. The molecule has 1 aromatic rings. The molecule has 0 amide bonds. The van der Waals surface area contributed by atoms with Gasteiger partial charge >= 0.3 is 5.97 Å². The molecule has 0 radical (unpaired) electrons. The summed E-state index contributed by atoms with van der Waals surface area (Å²) in [5.41, 5.74) is 6.34. The van der Waals surface area contributed by atoms with E-state index in [2.05, 4.69) is 0 Å². The van der Waals surface area contributed by atoms with E-state index in [-0.39, 0.29) is 5.97 Å². The molecule has 16 heavy (non-hydrogen) atoms. The second kappa shape index (κ2) is 5.12. The third-order valence-electron chi connectivity index (χ3n) is 2.01. The number of esters is 1. The molecule has 2 N–H and O–H groups in total. The van der Waals surface area contributed by atoms with Crippen molar-refractivity contribution in [2.75, 3.05) is 0 Å². The molecule has 88 valence electrons. The van der Waals surface area contributed by atoms with Crippen LogP contribution < -0.4 is 5.73 Å². The van der Waals surface area contributed by atoms with Crippen LogP contribution in [0.25, 0.3) is 0 Å². The van der Waals surface area contributed by atoms with Crippen LogP contribution in [0.1, 0.15) is 26.3 Å². The molecule has 0 aliphatic heterocycles. The molecule has 0 aromatic heterocycles. The molecule has 3 heteroatoms. The molecule has 0 bridgehead atoms. The summed E-state index contributed by atoms with van der Waals surface area (Å²) in [4.78, 5) is 11.6. The first kappa shape index (κ1) is 12.7. The van der Waals surface area contributed by atoms with Crippen LogP contribution in [-0.4, -0.2) is 17.6 Å². The van der Waals surface area contributed by atoms with Crippen LogP contribution in [0, 0.1) is 0 Å². The number of hydrogen-bond donors (Lipinski definition) is 1. The van der Waals surface area contributed by atoms with Crippen LogP contribution in [0.15, 0.2) is 30.3 Å². The lowest BCUT2D eigenvalue weighted by Gasteiger charge is -2.22. The number of ether oxygens (including phenoxy) is 1. The zero-order valence-electron chi connectivity index (χ0n) is 10.1. The second-order valence-electron chi connectivity index (χ2n) is 4.83. The minimum Gasteiger partial charge on any atom is -0.459 e. The maximum absolute atomic E-state index is 11.6. The number of carbonyl (C=O) groups excluding carboxylic acids is 1. The van der Waals surface area contributed by atoms with Crippen molar-refractivity contribution in [1.29, 1.82) is 0 Å². The van der Waals surface area contributed by atoms with Crippen molar-refractivity contribution in [2.24, 2.45) is 5.73 Å². The summed E-state index contributed by atoms with van der Waals surface area (Å²) < 4.78 is 5.21. The molecule has 0 aliphatic rings. The Morgan fingerprint density at radius 2 is 1.88 bits per heavy atom. The van der Waals surface area contributed by atoms with Gasteiger partial charge in [0.25, 0.3) is 0 Å². The van der Waals surface area contributed by atoms with E-state index in [1.165, 1.54) is 0 Å². The van der Waals surface area contributed by atoms with Crippen molar-refractivity contribution in [3.8, 4) is 0 Å². The number of nitrogens with two attached hydrogens (primary N) is 1. The predicted octanol–water partition coefficient (Wildman–Crippen LogP) is 1.90. The largest absolute Gasteiger partial charge is 0.459 e. The lowest BCUT2D eigenvalue weighted by molar-refractivity contribution is -0.156. The van der Waals surface area contributed by atoms with Gasteiger partial charge in [0.05, 0.1) is 0 Å². The first-order valence-electron chi connectivity index (χ1n) is 5.41. The van der Waals surface area contributed by atoms with E-state index in [1.807, 2.05) is 51.1 Å². The van der Waals surface area contributed by atoms with Gasteiger partial charge in [-0.2, -0.15) is 0 Å². The molecule has 0 unspecified atom stereocenters. The summed E-state index contributed by atoms with van der Waals surface area (Å²) in [6.07, 6.45) is 0.510. The Balaban J connectivity index is 2.53. The topological polar surface area (TPSA) is 52.3 Å². The lowest BCUT2D eigenvalue weighted by Crippen LogP contribution is -2.38. The number of rotatable bonds is 3. The monoisotopic (exact) mass is 221 g/mol. The number of benzene rings is 1. The highest BCUT2D eigenvalue weighted by molar-refractivity contribution is 5.76. The van der Waals surface area contributed by atoms with Crippen molar-refractivity contribution in [3.05, 3.63) is 35.9 Å². The first-order valence-corrected chi connectivity index (χ1v) is 5.41. The van der Waals surface area contributed by atoms with E-state index in [4.69, 9.17) is 10.5 Å². The van der Waals surface area contributed by atoms with E-state index < -0.39 is 11.6 Å². The third kappa shape index (κ3) is 4.45. The lowest BCUT2D eigenvalue weighted by atomic mass is 10.1. The van der Waals surface area contributed by atoms with Gasteiger partial charge in [-0.1, -0.05) is 30.3 Å². The van der Waals surface area contributed by atoms with Gasteiger partial charge in [0.15, 0.2) is 0 Å². The molecule has 0 spiro atoms. The average molecular weight is 221 g/mol. The molecule has 0 saturated heterocycles. The van der Waals surface area contributed by atoms with Crippen LogP contribution in [0.5, 0.6) is 0 Å². The van der Waals surface area contributed by atoms with E-state index in [9.17, 15) is 4.79 Å². The third-order valence-corrected chi connectivity index (χ3v) is 2.01. The predicted molar refractivity (Wildman–Crippen MR) is 64.0 cm³/mol. The van der Waals surface area contributed by atoms with Crippen LogP contribution in [0.4, 0.5) is 0 Å². The Labute approximate surface area is 96.6 Å². The van der Waals surface area contributed by atoms with Gasteiger partial charge in [0.1, 0.15) is 11.6 Å². The minimum atomic E-state index is -0.596. The van der Waals surface area contributed by atoms with Crippen LogP contribution in [0.2, 0.25) is 0 Å². The average Bonchev–Trinajstić information content (AvgIpc) is 2.16. The molecular formula is C13H19NO2. The maximum Gasteiger partial charge on any atom is 0.323 e. The highest BCUT2D eigenvalue weighted by atomic mass is 16.6. The minimum absolute atomic E-state index is 0.351. The van der Waals surface area contributed by atoms with Gasteiger partial charge in [-0.05, 0) is 32.8 Å². The zero-order valence-corrected chi connectivity index (χ0v) is 10.1. The fourth-order valence-electron chi connectivity index (χ4n) is 1.33. The van der Waals surface area contributed by atoms with Crippen LogP contribution >= 0.6 is 0 Å². The number of hydrogen-bond acceptors (Lipinski definition) is 3. The van der Waals surface area contributed by atoms with Crippen molar-refractivity contribution in [2.45, 2.75) is 38.8 Å². The standard InChI is InChI=1S/C13H19NO2/c1-13(2,3)16-12(15)11(14)9-10-7-5-4-6-8-10/h4-8,11H,9,14H2,1-3H3/t11-/m1/s1. The van der Waals surface area contributed by atoms with Crippen molar-refractivity contribution in [3.63, 3.8) is 0 Å². The summed E-state index contributed by atoms with van der Waals surface area (Å²) in [6, 6.07) is 9.09. The van der Waals surface area contributed by atoms with Gasteiger partial charge in [0.2, 0.25) is 0 Å².